The van der Waals surface area contributed by atoms with Crippen molar-refractivity contribution in [2.45, 2.75) is 0 Å². The molecule has 1 N–H and O–H groups in total. The molecule has 0 saturated heterocycles. The standard InChI is InChI=1S/C13H12BrClN2O4S/c1-19-7-4-6(5-8(20-2)9(7)14)16-13-17-11(15)10(22-13)12(18)21-3/h4-5H,1-3H3,(H,16,17). The lowest BCUT2D eigenvalue weighted by Gasteiger charge is -2.11. The largest absolute Gasteiger partial charge is 0.495 e. The van der Waals surface area contributed by atoms with Crippen LogP contribution in [0.3, 0.4) is 0 Å². The Labute approximate surface area is 144 Å². The van der Waals surface area contributed by atoms with Gasteiger partial charge in [-0.1, -0.05) is 22.9 Å². The summed E-state index contributed by atoms with van der Waals surface area (Å²) in [7, 11) is 4.40. The number of nitrogens with zero attached hydrogens (tertiary/aromatic N) is 1. The summed E-state index contributed by atoms with van der Waals surface area (Å²) in [6.45, 7) is 0. The van der Waals surface area contributed by atoms with Crippen LogP contribution in [0.15, 0.2) is 16.6 Å². The van der Waals surface area contributed by atoms with E-state index in [0.29, 0.717) is 26.8 Å². The summed E-state index contributed by atoms with van der Waals surface area (Å²) >= 11 is 10.4. The predicted octanol–water partition coefficient (Wildman–Crippen LogP) is 4.11. The number of methoxy groups -OCH3 is 3. The average molecular weight is 408 g/mol. The number of halogens is 2. The van der Waals surface area contributed by atoms with Crippen molar-refractivity contribution < 1.29 is 19.0 Å². The highest BCUT2D eigenvalue weighted by Gasteiger charge is 2.18. The van der Waals surface area contributed by atoms with E-state index in [0.717, 1.165) is 11.3 Å². The summed E-state index contributed by atoms with van der Waals surface area (Å²) in [5.74, 6) is 0.664. The van der Waals surface area contributed by atoms with Gasteiger partial charge in [-0.15, -0.1) is 0 Å². The number of anilines is 2. The number of hydrogen-bond donors (Lipinski definition) is 1. The van der Waals surface area contributed by atoms with Crippen molar-refractivity contribution in [2.75, 3.05) is 26.6 Å². The lowest BCUT2D eigenvalue weighted by Crippen LogP contribution is -1.98. The second-order valence-corrected chi connectivity index (χ2v) is 6.10. The normalized spacial score (nSPS) is 10.2. The molecule has 118 valence electrons. The molecule has 0 fully saturated rings. The fourth-order valence-electron chi connectivity index (χ4n) is 1.64. The highest BCUT2D eigenvalue weighted by molar-refractivity contribution is 9.10. The molecule has 6 nitrogen and oxygen atoms in total. The number of nitrogens with one attached hydrogen (secondary N) is 1. The van der Waals surface area contributed by atoms with E-state index < -0.39 is 5.97 Å². The summed E-state index contributed by atoms with van der Waals surface area (Å²) in [4.78, 5) is 15.9. The average Bonchev–Trinajstić information content (AvgIpc) is 2.88. The molecule has 0 saturated carbocycles. The maximum absolute atomic E-state index is 11.5. The molecule has 0 spiro atoms. The van der Waals surface area contributed by atoms with Crippen molar-refractivity contribution in [3.8, 4) is 11.5 Å². The van der Waals surface area contributed by atoms with E-state index in [4.69, 9.17) is 21.1 Å². The molecule has 0 aliphatic carbocycles. The van der Waals surface area contributed by atoms with Gasteiger partial charge in [0.15, 0.2) is 15.2 Å². The van der Waals surface area contributed by atoms with Gasteiger partial charge in [-0.2, -0.15) is 0 Å². The highest BCUT2D eigenvalue weighted by Crippen LogP contribution is 2.39. The number of aromatic nitrogens is 1. The lowest BCUT2D eigenvalue weighted by molar-refractivity contribution is 0.0606. The number of benzene rings is 1. The monoisotopic (exact) mass is 406 g/mol. The minimum Gasteiger partial charge on any atom is -0.495 e. The van der Waals surface area contributed by atoms with Gasteiger partial charge in [0, 0.05) is 17.8 Å². The van der Waals surface area contributed by atoms with Crippen LogP contribution in [0, 0.1) is 0 Å². The van der Waals surface area contributed by atoms with Gasteiger partial charge in [-0.25, -0.2) is 9.78 Å². The van der Waals surface area contributed by atoms with E-state index in [-0.39, 0.29) is 10.0 Å². The van der Waals surface area contributed by atoms with E-state index in [1.165, 1.54) is 7.11 Å². The first-order valence-electron chi connectivity index (χ1n) is 5.93. The third-order valence-corrected chi connectivity index (χ3v) is 4.77. The number of carbonyl (C=O) groups is 1. The number of thiazole rings is 1. The molecule has 1 aromatic carbocycles. The van der Waals surface area contributed by atoms with E-state index >= 15 is 0 Å². The van der Waals surface area contributed by atoms with Gasteiger partial charge in [0.05, 0.1) is 21.3 Å². The summed E-state index contributed by atoms with van der Waals surface area (Å²) in [6.07, 6.45) is 0. The van der Waals surface area contributed by atoms with Crippen molar-refractivity contribution >= 4 is 55.7 Å². The zero-order valence-corrected chi connectivity index (χ0v) is 15.1. The first kappa shape index (κ1) is 16.9. The molecular weight excluding hydrogens is 396 g/mol. The molecule has 2 aromatic rings. The third-order valence-electron chi connectivity index (χ3n) is 2.65. The molecule has 0 aliphatic heterocycles. The van der Waals surface area contributed by atoms with Crippen LogP contribution >= 0.6 is 38.9 Å². The van der Waals surface area contributed by atoms with Gasteiger partial charge in [0.1, 0.15) is 16.0 Å². The molecule has 1 heterocycles. The van der Waals surface area contributed by atoms with Gasteiger partial charge >= 0.3 is 5.97 Å². The van der Waals surface area contributed by atoms with Gasteiger partial charge < -0.3 is 19.5 Å². The van der Waals surface area contributed by atoms with Gasteiger partial charge in [0.2, 0.25) is 0 Å². The highest BCUT2D eigenvalue weighted by atomic mass is 79.9. The van der Waals surface area contributed by atoms with Crippen molar-refractivity contribution in [3.05, 3.63) is 26.6 Å². The maximum atomic E-state index is 11.5. The predicted molar refractivity (Wildman–Crippen MR) is 89.0 cm³/mol. The van der Waals surface area contributed by atoms with Crippen LogP contribution in [0.4, 0.5) is 10.8 Å². The Hall–Kier alpha value is -1.51. The van der Waals surface area contributed by atoms with E-state index in [1.54, 1.807) is 26.4 Å². The summed E-state index contributed by atoms with van der Waals surface area (Å²) in [5.41, 5.74) is 0.679. The lowest BCUT2D eigenvalue weighted by atomic mass is 10.3. The van der Waals surface area contributed by atoms with Crippen molar-refractivity contribution in [2.24, 2.45) is 0 Å². The minimum atomic E-state index is -0.526. The maximum Gasteiger partial charge on any atom is 0.351 e. The molecule has 0 bridgehead atoms. The van der Waals surface area contributed by atoms with E-state index in [9.17, 15) is 4.79 Å². The Morgan fingerprint density at radius 3 is 2.36 bits per heavy atom. The third kappa shape index (κ3) is 3.45. The number of esters is 1. The van der Waals surface area contributed by atoms with Crippen molar-refractivity contribution in [3.63, 3.8) is 0 Å². The number of carbonyl (C=O) groups excluding carboxylic acids is 1. The molecular formula is C13H12BrClN2O4S. The van der Waals surface area contributed by atoms with Crippen LogP contribution in [-0.2, 0) is 4.74 Å². The minimum absolute atomic E-state index is 0.0930. The Morgan fingerprint density at radius 1 is 1.27 bits per heavy atom. The van der Waals surface area contributed by atoms with E-state index in [2.05, 4.69) is 31.0 Å². The molecule has 1 aromatic heterocycles. The number of ether oxygens (including phenoxy) is 3. The molecule has 0 atom stereocenters. The fourth-order valence-corrected chi connectivity index (χ4v) is 3.31. The smallest absolute Gasteiger partial charge is 0.351 e. The first-order chi connectivity index (χ1) is 10.5. The zero-order valence-electron chi connectivity index (χ0n) is 11.9. The number of rotatable bonds is 5. The molecule has 0 radical (unpaired) electrons. The van der Waals surface area contributed by atoms with Crippen LogP contribution in [-0.4, -0.2) is 32.3 Å². The van der Waals surface area contributed by atoms with Crippen LogP contribution in [0.5, 0.6) is 11.5 Å². The topological polar surface area (TPSA) is 69.7 Å². The first-order valence-corrected chi connectivity index (χ1v) is 7.92. The summed E-state index contributed by atoms with van der Waals surface area (Å²) < 4.78 is 15.9. The molecule has 9 heteroatoms. The fraction of sp³-hybridized carbons (Fsp3) is 0.231. The Kier molecular flexibility index (Phi) is 5.49. The van der Waals surface area contributed by atoms with Crippen LogP contribution in [0.25, 0.3) is 0 Å². The molecule has 0 amide bonds. The van der Waals surface area contributed by atoms with E-state index in [1.807, 2.05) is 0 Å². The van der Waals surface area contributed by atoms with Crippen LogP contribution < -0.4 is 14.8 Å². The Morgan fingerprint density at radius 2 is 1.86 bits per heavy atom. The molecule has 22 heavy (non-hydrogen) atoms. The second kappa shape index (κ2) is 7.17. The summed E-state index contributed by atoms with van der Waals surface area (Å²) in [5, 5.41) is 3.60. The van der Waals surface area contributed by atoms with Crippen LogP contribution in [0.1, 0.15) is 9.67 Å². The van der Waals surface area contributed by atoms with Gasteiger partial charge in [-0.3, -0.25) is 0 Å². The number of hydrogen-bond acceptors (Lipinski definition) is 7. The summed E-state index contributed by atoms with van der Waals surface area (Å²) in [6, 6.07) is 3.53. The molecule has 2 rings (SSSR count). The zero-order chi connectivity index (χ0) is 16.3. The SMILES string of the molecule is COC(=O)c1sc(Nc2cc(OC)c(Br)c(OC)c2)nc1Cl. The second-order valence-electron chi connectivity index (χ2n) is 3.95. The van der Waals surface area contributed by atoms with Crippen molar-refractivity contribution in [1.82, 2.24) is 4.98 Å². The van der Waals surface area contributed by atoms with Crippen molar-refractivity contribution in [1.29, 1.82) is 0 Å². The molecule has 0 unspecified atom stereocenters. The Balaban J connectivity index is 2.33. The van der Waals surface area contributed by atoms with Gasteiger partial charge in [0.25, 0.3) is 0 Å². The van der Waals surface area contributed by atoms with Gasteiger partial charge in [-0.05, 0) is 15.9 Å². The Bertz CT molecular complexity index is 682. The van der Waals surface area contributed by atoms with Crippen LogP contribution in [0.2, 0.25) is 5.15 Å². The molecule has 0 aliphatic rings. The quantitative estimate of drug-likeness (QED) is 0.752.